The van der Waals surface area contributed by atoms with Crippen molar-refractivity contribution < 1.29 is 14.3 Å². The van der Waals surface area contributed by atoms with Crippen LogP contribution in [0.25, 0.3) is 0 Å². The maximum Gasteiger partial charge on any atom is 0.260 e. The first kappa shape index (κ1) is 13.2. The molecule has 0 saturated heterocycles. The van der Waals surface area contributed by atoms with E-state index in [4.69, 9.17) is 10.5 Å². The summed E-state index contributed by atoms with van der Waals surface area (Å²) < 4.78 is 5.40. The Morgan fingerprint density at radius 2 is 2.12 bits per heavy atom. The van der Waals surface area contributed by atoms with Gasteiger partial charge < -0.3 is 15.8 Å². The molecule has 0 aliphatic carbocycles. The highest BCUT2D eigenvalue weighted by Gasteiger charge is 2.13. The normalized spacial score (nSPS) is 11.6. The molecule has 92 valence electrons. The van der Waals surface area contributed by atoms with Crippen molar-refractivity contribution in [2.45, 2.75) is 13.0 Å². The van der Waals surface area contributed by atoms with E-state index < -0.39 is 6.10 Å². The van der Waals surface area contributed by atoms with E-state index in [2.05, 4.69) is 5.32 Å². The molecule has 1 unspecified atom stereocenters. The molecule has 17 heavy (non-hydrogen) atoms. The number of carbonyl (C=O) groups is 2. The molecule has 3 N–H and O–H groups in total. The van der Waals surface area contributed by atoms with E-state index in [1.165, 1.54) is 0 Å². The SMILES string of the molecule is CC(Oc1ccc(C=O)cc1)C(=O)NCCN. The van der Waals surface area contributed by atoms with Gasteiger partial charge in [-0.1, -0.05) is 0 Å². The molecular weight excluding hydrogens is 220 g/mol. The van der Waals surface area contributed by atoms with Crippen LogP contribution in [0.1, 0.15) is 17.3 Å². The van der Waals surface area contributed by atoms with Gasteiger partial charge in [-0.15, -0.1) is 0 Å². The predicted molar refractivity (Wildman–Crippen MR) is 64.0 cm³/mol. The van der Waals surface area contributed by atoms with Gasteiger partial charge in [0.05, 0.1) is 0 Å². The highest BCUT2D eigenvalue weighted by atomic mass is 16.5. The summed E-state index contributed by atoms with van der Waals surface area (Å²) in [6.07, 6.45) is 0.157. The van der Waals surface area contributed by atoms with Crippen LogP contribution >= 0.6 is 0 Å². The van der Waals surface area contributed by atoms with Gasteiger partial charge in [0.15, 0.2) is 6.10 Å². The molecule has 0 spiro atoms. The third-order valence-electron chi connectivity index (χ3n) is 2.14. The number of hydrogen-bond donors (Lipinski definition) is 2. The van der Waals surface area contributed by atoms with Crippen molar-refractivity contribution >= 4 is 12.2 Å². The average molecular weight is 236 g/mol. The van der Waals surface area contributed by atoms with E-state index >= 15 is 0 Å². The lowest BCUT2D eigenvalue weighted by atomic mass is 10.2. The Morgan fingerprint density at radius 3 is 2.65 bits per heavy atom. The summed E-state index contributed by atoms with van der Waals surface area (Å²) in [5.41, 5.74) is 5.84. The van der Waals surface area contributed by atoms with Crippen molar-refractivity contribution in [3.8, 4) is 5.75 Å². The van der Waals surface area contributed by atoms with Crippen molar-refractivity contribution in [3.63, 3.8) is 0 Å². The summed E-state index contributed by atoms with van der Waals surface area (Å²) in [5, 5.41) is 2.63. The fourth-order valence-corrected chi connectivity index (χ4v) is 1.22. The fourth-order valence-electron chi connectivity index (χ4n) is 1.22. The third-order valence-corrected chi connectivity index (χ3v) is 2.14. The summed E-state index contributed by atoms with van der Waals surface area (Å²) in [4.78, 5) is 21.9. The van der Waals surface area contributed by atoms with Crippen LogP contribution in [0.3, 0.4) is 0 Å². The minimum absolute atomic E-state index is 0.213. The van der Waals surface area contributed by atoms with Crippen molar-refractivity contribution in [2.24, 2.45) is 5.73 Å². The number of hydrogen-bond acceptors (Lipinski definition) is 4. The molecular formula is C12H16N2O3. The maximum atomic E-state index is 11.5. The number of ether oxygens (including phenoxy) is 1. The smallest absolute Gasteiger partial charge is 0.260 e. The summed E-state index contributed by atoms with van der Waals surface area (Å²) >= 11 is 0. The van der Waals surface area contributed by atoms with Crippen molar-refractivity contribution in [2.75, 3.05) is 13.1 Å². The maximum absolute atomic E-state index is 11.5. The lowest BCUT2D eigenvalue weighted by Gasteiger charge is -2.14. The lowest BCUT2D eigenvalue weighted by molar-refractivity contribution is -0.127. The molecule has 1 rings (SSSR count). The molecule has 1 aromatic rings. The summed E-state index contributed by atoms with van der Waals surface area (Å²) in [5.74, 6) is 0.334. The molecule has 0 bridgehead atoms. The Hall–Kier alpha value is -1.88. The number of rotatable bonds is 6. The first-order valence-electron chi connectivity index (χ1n) is 5.37. The molecule has 0 radical (unpaired) electrons. The van der Waals surface area contributed by atoms with E-state index in [1.807, 2.05) is 0 Å². The Labute approximate surface area is 99.9 Å². The highest BCUT2D eigenvalue weighted by molar-refractivity contribution is 5.80. The number of nitrogens with two attached hydrogens (primary N) is 1. The van der Waals surface area contributed by atoms with Gasteiger partial charge in [0.1, 0.15) is 12.0 Å². The summed E-state index contributed by atoms with van der Waals surface area (Å²) in [7, 11) is 0. The van der Waals surface area contributed by atoms with Crippen LogP contribution in [-0.2, 0) is 4.79 Å². The van der Waals surface area contributed by atoms with Gasteiger partial charge in [-0.25, -0.2) is 0 Å². The molecule has 0 heterocycles. The van der Waals surface area contributed by atoms with Gasteiger partial charge in [0.2, 0.25) is 0 Å². The average Bonchev–Trinajstić information content (AvgIpc) is 2.36. The minimum atomic E-state index is -0.594. The van der Waals surface area contributed by atoms with Crippen molar-refractivity contribution in [1.29, 1.82) is 0 Å². The summed E-state index contributed by atoms with van der Waals surface area (Å²) in [6, 6.07) is 6.56. The van der Waals surface area contributed by atoms with Gasteiger partial charge >= 0.3 is 0 Å². The highest BCUT2D eigenvalue weighted by Crippen LogP contribution is 2.12. The number of carbonyl (C=O) groups excluding carboxylic acids is 2. The van der Waals surface area contributed by atoms with Crippen molar-refractivity contribution in [3.05, 3.63) is 29.8 Å². The molecule has 0 fully saturated rings. The Morgan fingerprint density at radius 1 is 1.47 bits per heavy atom. The van der Waals surface area contributed by atoms with Gasteiger partial charge in [-0.3, -0.25) is 9.59 Å². The van der Waals surface area contributed by atoms with Gasteiger partial charge in [0.25, 0.3) is 5.91 Å². The van der Waals surface area contributed by atoms with Crippen LogP contribution in [0.15, 0.2) is 24.3 Å². The zero-order chi connectivity index (χ0) is 12.7. The first-order chi connectivity index (χ1) is 8.17. The Balaban J connectivity index is 2.51. The van der Waals surface area contributed by atoms with Gasteiger partial charge in [-0.2, -0.15) is 0 Å². The molecule has 1 amide bonds. The van der Waals surface area contributed by atoms with Gasteiger partial charge in [0, 0.05) is 18.7 Å². The first-order valence-corrected chi connectivity index (χ1v) is 5.37. The Bertz CT molecular complexity index is 376. The van der Waals surface area contributed by atoms with E-state index in [-0.39, 0.29) is 5.91 Å². The van der Waals surface area contributed by atoms with E-state index in [1.54, 1.807) is 31.2 Å². The third kappa shape index (κ3) is 4.24. The lowest BCUT2D eigenvalue weighted by Crippen LogP contribution is -2.38. The molecule has 0 aliphatic heterocycles. The number of amides is 1. The summed E-state index contributed by atoms with van der Waals surface area (Å²) in [6.45, 7) is 2.47. The largest absolute Gasteiger partial charge is 0.481 e. The zero-order valence-corrected chi connectivity index (χ0v) is 9.68. The molecule has 5 nitrogen and oxygen atoms in total. The number of aldehydes is 1. The quantitative estimate of drug-likeness (QED) is 0.698. The van der Waals surface area contributed by atoms with E-state index in [9.17, 15) is 9.59 Å². The van der Waals surface area contributed by atoms with Crippen LogP contribution in [-0.4, -0.2) is 31.4 Å². The fraction of sp³-hybridized carbons (Fsp3) is 0.333. The Kier molecular flexibility index (Phi) is 5.16. The number of benzene rings is 1. The van der Waals surface area contributed by atoms with Crippen molar-refractivity contribution in [1.82, 2.24) is 5.32 Å². The minimum Gasteiger partial charge on any atom is -0.481 e. The van der Waals surface area contributed by atoms with Gasteiger partial charge in [-0.05, 0) is 31.2 Å². The molecule has 0 saturated carbocycles. The van der Waals surface area contributed by atoms with Crippen LogP contribution < -0.4 is 15.8 Å². The molecule has 1 aromatic carbocycles. The second kappa shape index (κ2) is 6.65. The zero-order valence-electron chi connectivity index (χ0n) is 9.68. The second-order valence-electron chi connectivity index (χ2n) is 3.53. The monoisotopic (exact) mass is 236 g/mol. The molecule has 0 aromatic heterocycles. The number of nitrogens with one attached hydrogen (secondary N) is 1. The van der Waals surface area contributed by atoms with E-state index in [0.29, 0.717) is 24.4 Å². The van der Waals surface area contributed by atoms with Crippen LogP contribution in [0.4, 0.5) is 0 Å². The molecule has 1 atom stereocenters. The van der Waals surface area contributed by atoms with E-state index in [0.717, 1.165) is 6.29 Å². The van der Waals surface area contributed by atoms with Crippen LogP contribution in [0, 0.1) is 0 Å². The molecule has 5 heteroatoms. The second-order valence-corrected chi connectivity index (χ2v) is 3.53. The molecule has 0 aliphatic rings. The van der Waals surface area contributed by atoms with Crippen LogP contribution in [0.5, 0.6) is 5.75 Å². The topological polar surface area (TPSA) is 81.4 Å². The predicted octanol–water partition coefficient (Wildman–Crippen LogP) is 0.341. The van der Waals surface area contributed by atoms with Crippen LogP contribution in [0.2, 0.25) is 0 Å². The standard InChI is InChI=1S/C12H16N2O3/c1-9(12(16)14-7-6-13)17-11-4-2-10(8-15)3-5-11/h2-5,8-9H,6-7,13H2,1H3,(H,14,16).